The van der Waals surface area contributed by atoms with Crippen molar-refractivity contribution in [2.24, 2.45) is 23.2 Å². The number of fused-ring (bicyclic) bond motifs is 2. The molecule has 0 bridgehead atoms. The van der Waals surface area contributed by atoms with E-state index in [1.165, 1.54) is 25.0 Å². The Labute approximate surface area is 198 Å². The summed E-state index contributed by atoms with van der Waals surface area (Å²) in [6.07, 6.45) is 0.127. The molecule has 0 aromatic heterocycles. The highest BCUT2D eigenvalue weighted by Gasteiger charge is 2.78. The first-order chi connectivity index (χ1) is 16.1. The maximum Gasteiger partial charge on any atom is 0.416 e. The maximum absolute atomic E-state index is 13.1. The Morgan fingerprint density at radius 3 is 2.68 bits per heavy atom. The lowest BCUT2D eigenvalue weighted by Gasteiger charge is -2.49. The number of epoxide rings is 1. The zero-order valence-electron chi connectivity index (χ0n) is 19.8. The van der Waals surface area contributed by atoms with Crippen LogP contribution in [0.1, 0.15) is 45.1 Å². The number of nitrogens with zero attached hydrogens (tertiary/aromatic N) is 2. The number of hydrogen-bond acceptors (Lipinski definition) is 5. The predicted molar refractivity (Wildman–Crippen MR) is 120 cm³/mol. The van der Waals surface area contributed by atoms with Gasteiger partial charge in [-0.05, 0) is 43.4 Å². The average molecular weight is 479 g/mol. The van der Waals surface area contributed by atoms with Crippen molar-refractivity contribution in [2.45, 2.75) is 63.5 Å². The largest absolute Gasteiger partial charge is 0.462 e. The van der Waals surface area contributed by atoms with Crippen LogP contribution in [0.25, 0.3) is 0 Å². The van der Waals surface area contributed by atoms with E-state index in [1.54, 1.807) is 6.07 Å². The van der Waals surface area contributed by atoms with Crippen molar-refractivity contribution < 1.29 is 27.4 Å². The molecular weight excluding hydrogens is 445 g/mol. The Hall–Kier alpha value is -1.80. The Bertz CT molecular complexity index is 978. The van der Waals surface area contributed by atoms with Gasteiger partial charge in [-0.3, -0.25) is 9.69 Å². The van der Waals surface area contributed by atoms with Gasteiger partial charge in [-0.1, -0.05) is 26.3 Å². The van der Waals surface area contributed by atoms with Crippen LogP contribution in [0.5, 0.6) is 0 Å². The van der Waals surface area contributed by atoms with Crippen LogP contribution in [0.2, 0.25) is 0 Å². The summed E-state index contributed by atoms with van der Waals surface area (Å²) in [7, 11) is 0. The lowest BCUT2D eigenvalue weighted by molar-refractivity contribution is -0.146. The molecule has 34 heavy (non-hydrogen) atoms. The molecule has 5 nitrogen and oxygen atoms in total. The number of hydrogen-bond donors (Lipinski definition) is 0. The monoisotopic (exact) mass is 478 g/mol. The average Bonchev–Trinajstić information content (AvgIpc) is 3.48. The van der Waals surface area contributed by atoms with E-state index < -0.39 is 11.7 Å². The van der Waals surface area contributed by atoms with E-state index in [-0.39, 0.29) is 41.0 Å². The number of rotatable bonds is 3. The van der Waals surface area contributed by atoms with Crippen LogP contribution in [-0.4, -0.2) is 61.4 Å². The highest BCUT2D eigenvalue weighted by atomic mass is 19.4. The molecule has 3 heterocycles. The molecule has 5 aliphatic rings. The van der Waals surface area contributed by atoms with E-state index in [0.29, 0.717) is 44.3 Å². The Balaban J connectivity index is 1.12. The van der Waals surface area contributed by atoms with Gasteiger partial charge in [0.15, 0.2) is 0 Å². The molecule has 2 aliphatic carbocycles. The molecule has 0 amide bonds. The van der Waals surface area contributed by atoms with Crippen LogP contribution in [-0.2, 0) is 20.4 Å². The van der Waals surface area contributed by atoms with Gasteiger partial charge in [0.05, 0.1) is 17.6 Å². The smallest absolute Gasteiger partial charge is 0.416 e. The minimum Gasteiger partial charge on any atom is -0.462 e. The van der Waals surface area contributed by atoms with Gasteiger partial charge in [0, 0.05) is 49.7 Å². The normalized spacial score (nSPS) is 42.0. The van der Waals surface area contributed by atoms with Crippen LogP contribution in [0.15, 0.2) is 24.3 Å². The minimum atomic E-state index is -4.34. The van der Waals surface area contributed by atoms with Crippen molar-refractivity contribution in [1.29, 1.82) is 0 Å². The third kappa shape index (κ3) is 3.31. The van der Waals surface area contributed by atoms with Crippen LogP contribution in [0.4, 0.5) is 18.9 Å². The zero-order chi connectivity index (χ0) is 23.9. The molecule has 186 valence electrons. The van der Waals surface area contributed by atoms with Gasteiger partial charge in [0.25, 0.3) is 0 Å². The number of halogens is 3. The molecule has 2 saturated carbocycles. The van der Waals surface area contributed by atoms with E-state index in [2.05, 4.69) is 18.7 Å². The van der Waals surface area contributed by atoms with Crippen LogP contribution in [0, 0.1) is 23.2 Å². The maximum atomic E-state index is 13.1. The first kappa shape index (κ1) is 22.7. The summed E-state index contributed by atoms with van der Waals surface area (Å²) < 4.78 is 51.8. The summed E-state index contributed by atoms with van der Waals surface area (Å²) in [6, 6.07) is 5.53. The second-order valence-corrected chi connectivity index (χ2v) is 11.4. The number of carbonyl (C=O) groups excluding carboxylic acids is 1. The summed E-state index contributed by atoms with van der Waals surface area (Å²) >= 11 is 0. The van der Waals surface area contributed by atoms with Crippen molar-refractivity contribution in [2.75, 3.05) is 37.6 Å². The number of benzene rings is 1. The first-order valence-electron chi connectivity index (χ1n) is 12.7. The lowest BCUT2D eigenvalue weighted by atomic mass is 9.53. The topological polar surface area (TPSA) is 45.3 Å². The molecule has 0 N–H and O–H groups in total. The summed E-state index contributed by atoms with van der Waals surface area (Å²) in [4.78, 5) is 17.2. The molecule has 5 fully saturated rings. The molecule has 7 atom stereocenters. The van der Waals surface area contributed by atoms with E-state index in [9.17, 15) is 18.0 Å². The van der Waals surface area contributed by atoms with Gasteiger partial charge in [-0.2, -0.15) is 13.2 Å². The van der Waals surface area contributed by atoms with E-state index in [4.69, 9.17) is 9.47 Å². The summed E-state index contributed by atoms with van der Waals surface area (Å²) in [5, 5.41) is 0. The standard InChI is InChI=1S/C26H33F3N2O3/c1-16-5-4-8-24(2)14-20-21(22-25(16,24)34-22)19(23(32)33-20)15-30-9-11-31(12-10-30)18-7-3-6-17(13-18)26(27,28)29/h3,6-7,13,16,19-22H,4-5,8-12,14-15H2,1-2H3/t16-,19?,20+,21+,22?,24+,25?/m0/s1. The Morgan fingerprint density at radius 2 is 1.94 bits per heavy atom. The summed E-state index contributed by atoms with van der Waals surface area (Å²) in [5.74, 6) is 0.330. The van der Waals surface area contributed by atoms with Gasteiger partial charge in [-0.15, -0.1) is 0 Å². The van der Waals surface area contributed by atoms with Gasteiger partial charge in [-0.25, -0.2) is 0 Å². The number of esters is 1. The van der Waals surface area contributed by atoms with E-state index >= 15 is 0 Å². The minimum absolute atomic E-state index is 0.0557. The molecule has 6 rings (SSSR count). The summed E-state index contributed by atoms with van der Waals surface area (Å²) in [5.41, 5.74) is -0.0314. The molecule has 3 aliphatic heterocycles. The van der Waals surface area contributed by atoms with Crippen molar-refractivity contribution in [3.63, 3.8) is 0 Å². The number of ether oxygens (including phenoxy) is 2. The van der Waals surface area contributed by atoms with E-state index in [1.807, 2.05) is 4.90 Å². The fourth-order valence-electron chi connectivity index (χ4n) is 7.79. The fraction of sp³-hybridized carbons (Fsp3) is 0.731. The molecular formula is C26H33F3N2O3. The lowest BCUT2D eigenvalue weighted by Crippen LogP contribution is -2.55. The van der Waals surface area contributed by atoms with Crippen molar-refractivity contribution in [3.8, 4) is 0 Å². The second-order valence-electron chi connectivity index (χ2n) is 11.4. The zero-order valence-corrected chi connectivity index (χ0v) is 19.8. The Kier molecular flexibility index (Phi) is 5.06. The molecule has 1 spiro atoms. The predicted octanol–water partition coefficient (Wildman–Crippen LogP) is 4.35. The molecule has 8 heteroatoms. The van der Waals surface area contributed by atoms with Gasteiger partial charge < -0.3 is 14.4 Å². The highest BCUT2D eigenvalue weighted by molar-refractivity contribution is 5.76. The summed E-state index contributed by atoms with van der Waals surface area (Å²) in [6.45, 7) is 7.96. The molecule has 0 radical (unpaired) electrons. The van der Waals surface area contributed by atoms with Gasteiger partial charge in [0.2, 0.25) is 0 Å². The third-order valence-corrected chi connectivity index (χ3v) is 9.56. The molecule has 1 aromatic carbocycles. The second kappa shape index (κ2) is 7.60. The van der Waals surface area contributed by atoms with Crippen LogP contribution in [0.3, 0.4) is 0 Å². The third-order valence-electron chi connectivity index (χ3n) is 9.56. The SMILES string of the molecule is C[C@H]1CCC[C@]2(C)C[C@H]3OC(=O)C(CN4CCN(c5cccc(C(F)(F)F)c5)CC4)[C@H]3C3OC312. The number of alkyl halides is 3. The number of carbonyl (C=O) groups is 1. The van der Waals surface area contributed by atoms with Crippen LogP contribution < -0.4 is 4.90 Å². The van der Waals surface area contributed by atoms with Crippen molar-refractivity contribution in [3.05, 3.63) is 29.8 Å². The molecule has 3 unspecified atom stereocenters. The van der Waals surface area contributed by atoms with Crippen molar-refractivity contribution in [1.82, 2.24) is 4.90 Å². The fourth-order valence-corrected chi connectivity index (χ4v) is 7.79. The van der Waals surface area contributed by atoms with Gasteiger partial charge in [0.1, 0.15) is 11.7 Å². The number of piperazine rings is 1. The highest BCUT2D eigenvalue weighted by Crippen LogP contribution is 2.70. The quantitative estimate of drug-likeness (QED) is 0.478. The van der Waals surface area contributed by atoms with E-state index in [0.717, 1.165) is 18.9 Å². The van der Waals surface area contributed by atoms with Crippen molar-refractivity contribution >= 4 is 11.7 Å². The number of anilines is 1. The molecule has 1 aromatic rings. The first-order valence-corrected chi connectivity index (χ1v) is 12.7. The van der Waals surface area contributed by atoms with Crippen LogP contribution >= 0.6 is 0 Å². The molecule has 3 saturated heterocycles. The Morgan fingerprint density at radius 1 is 1.18 bits per heavy atom. The van der Waals surface area contributed by atoms with Gasteiger partial charge >= 0.3 is 12.1 Å².